The van der Waals surface area contributed by atoms with Crippen molar-refractivity contribution < 1.29 is 14.3 Å². The molecule has 1 fully saturated rings. The van der Waals surface area contributed by atoms with E-state index in [2.05, 4.69) is 11.8 Å². The number of likely N-dealkylation sites (N-methyl/N-ethyl adjacent to an activating group) is 1. The molecule has 1 saturated carbocycles. The molecule has 130 valence electrons. The standard InChI is InChI=1S/C20H27NO3/c1-2-21(13-12-18(22)16-8-4-3-5-9-16)14-17-15-23-19-10-6-7-11-20(19)24-17/h6-7,10-13,16-17H,2-5,8-9,14-15H2,1H3/b13-12+. The molecule has 1 atom stereocenters. The summed E-state index contributed by atoms with van der Waals surface area (Å²) in [6.07, 6.45) is 9.42. The molecule has 4 heteroatoms. The molecule has 0 radical (unpaired) electrons. The van der Waals surface area contributed by atoms with Gasteiger partial charge >= 0.3 is 0 Å². The summed E-state index contributed by atoms with van der Waals surface area (Å²) in [7, 11) is 0. The lowest BCUT2D eigenvalue weighted by Gasteiger charge is -2.30. The van der Waals surface area contributed by atoms with Crippen molar-refractivity contribution in [2.24, 2.45) is 5.92 Å². The Morgan fingerprint density at radius 2 is 1.96 bits per heavy atom. The Morgan fingerprint density at radius 3 is 2.71 bits per heavy atom. The van der Waals surface area contributed by atoms with E-state index in [1.54, 1.807) is 6.08 Å². The molecular formula is C20H27NO3. The van der Waals surface area contributed by atoms with E-state index in [1.807, 2.05) is 30.5 Å². The minimum atomic E-state index is -0.0192. The Morgan fingerprint density at radius 1 is 1.21 bits per heavy atom. The zero-order valence-corrected chi connectivity index (χ0v) is 14.4. The van der Waals surface area contributed by atoms with Crippen LogP contribution in [-0.4, -0.2) is 36.5 Å². The van der Waals surface area contributed by atoms with Crippen LogP contribution in [0.5, 0.6) is 11.5 Å². The van der Waals surface area contributed by atoms with Gasteiger partial charge in [0.2, 0.25) is 0 Å². The summed E-state index contributed by atoms with van der Waals surface area (Å²) in [5.41, 5.74) is 0. The van der Waals surface area contributed by atoms with Crippen LogP contribution in [0, 0.1) is 5.92 Å². The number of hydrogen-bond donors (Lipinski definition) is 0. The molecule has 0 amide bonds. The quantitative estimate of drug-likeness (QED) is 0.744. The predicted octanol–water partition coefficient (Wildman–Crippen LogP) is 3.81. The molecule has 1 heterocycles. The summed E-state index contributed by atoms with van der Waals surface area (Å²) >= 11 is 0. The molecule has 3 rings (SSSR count). The Kier molecular flexibility index (Phi) is 5.78. The van der Waals surface area contributed by atoms with Gasteiger partial charge in [0.25, 0.3) is 0 Å². The molecule has 1 aromatic carbocycles. The van der Waals surface area contributed by atoms with Gasteiger partial charge in [0.15, 0.2) is 23.4 Å². The molecule has 0 bridgehead atoms. The van der Waals surface area contributed by atoms with Gasteiger partial charge in [-0.3, -0.25) is 4.79 Å². The topological polar surface area (TPSA) is 38.8 Å². The fourth-order valence-corrected chi connectivity index (χ4v) is 3.41. The number of rotatable bonds is 6. The van der Waals surface area contributed by atoms with Gasteiger partial charge in [-0.05, 0) is 38.0 Å². The van der Waals surface area contributed by atoms with Crippen LogP contribution in [0.4, 0.5) is 0 Å². The highest BCUT2D eigenvalue weighted by Crippen LogP contribution is 2.31. The molecule has 0 saturated heterocycles. The molecule has 0 aromatic heterocycles. The SMILES string of the molecule is CCN(/C=C/C(=O)C1CCCCC1)CC1COc2ccccc2O1. The zero-order valence-electron chi connectivity index (χ0n) is 14.4. The van der Waals surface area contributed by atoms with Crippen molar-refractivity contribution in [2.45, 2.75) is 45.1 Å². The molecule has 1 unspecified atom stereocenters. The van der Waals surface area contributed by atoms with Gasteiger partial charge in [0, 0.05) is 18.7 Å². The van der Waals surface area contributed by atoms with Crippen LogP contribution in [0.1, 0.15) is 39.0 Å². The second kappa shape index (κ2) is 8.22. The fourth-order valence-electron chi connectivity index (χ4n) is 3.41. The minimum Gasteiger partial charge on any atom is -0.486 e. The summed E-state index contributed by atoms with van der Waals surface area (Å²) in [5, 5.41) is 0. The zero-order chi connectivity index (χ0) is 16.8. The largest absolute Gasteiger partial charge is 0.486 e. The Hall–Kier alpha value is -1.97. The number of carbonyl (C=O) groups is 1. The average Bonchev–Trinajstić information content (AvgIpc) is 2.65. The van der Waals surface area contributed by atoms with Gasteiger partial charge in [-0.2, -0.15) is 0 Å². The number of allylic oxidation sites excluding steroid dienone is 1. The van der Waals surface area contributed by atoms with Gasteiger partial charge in [-0.25, -0.2) is 0 Å². The smallest absolute Gasteiger partial charge is 0.161 e. The molecule has 1 aliphatic heterocycles. The van der Waals surface area contributed by atoms with Crippen molar-refractivity contribution in [3.05, 3.63) is 36.5 Å². The summed E-state index contributed by atoms with van der Waals surface area (Å²) < 4.78 is 11.8. The number of hydrogen-bond acceptors (Lipinski definition) is 4. The van der Waals surface area contributed by atoms with Crippen molar-refractivity contribution in [3.63, 3.8) is 0 Å². The third kappa shape index (κ3) is 4.31. The van der Waals surface area contributed by atoms with E-state index in [1.165, 1.54) is 19.3 Å². The maximum Gasteiger partial charge on any atom is 0.161 e. The van der Waals surface area contributed by atoms with E-state index in [0.717, 1.165) is 37.4 Å². The minimum absolute atomic E-state index is 0.0192. The van der Waals surface area contributed by atoms with Gasteiger partial charge in [-0.1, -0.05) is 31.4 Å². The predicted molar refractivity (Wildman–Crippen MR) is 94.3 cm³/mol. The molecule has 1 aliphatic carbocycles. The molecule has 0 spiro atoms. The molecule has 2 aliphatic rings. The summed E-state index contributed by atoms with van der Waals surface area (Å²) in [5.74, 6) is 2.11. The Bertz CT molecular complexity index is 578. The first-order valence-electron chi connectivity index (χ1n) is 9.11. The van der Waals surface area contributed by atoms with Crippen LogP contribution in [0.2, 0.25) is 0 Å². The first kappa shape index (κ1) is 16.9. The first-order chi connectivity index (χ1) is 11.8. The van der Waals surface area contributed by atoms with E-state index in [0.29, 0.717) is 6.61 Å². The van der Waals surface area contributed by atoms with E-state index in [-0.39, 0.29) is 17.8 Å². The van der Waals surface area contributed by atoms with Crippen LogP contribution in [0.3, 0.4) is 0 Å². The number of para-hydroxylation sites is 2. The van der Waals surface area contributed by atoms with E-state index < -0.39 is 0 Å². The molecule has 24 heavy (non-hydrogen) atoms. The van der Waals surface area contributed by atoms with Crippen molar-refractivity contribution >= 4 is 5.78 Å². The number of benzene rings is 1. The number of ether oxygens (including phenoxy) is 2. The lowest BCUT2D eigenvalue weighted by atomic mass is 9.86. The number of fused-ring (bicyclic) bond motifs is 1. The lowest BCUT2D eigenvalue weighted by molar-refractivity contribution is -0.119. The second-order valence-electron chi connectivity index (χ2n) is 6.64. The normalized spacial score (nSPS) is 21.0. The van der Waals surface area contributed by atoms with Gasteiger partial charge < -0.3 is 14.4 Å². The number of carbonyl (C=O) groups excluding carboxylic acids is 1. The lowest BCUT2D eigenvalue weighted by Crippen LogP contribution is -2.39. The fraction of sp³-hybridized carbons (Fsp3) is 0.550. The monoisotopic (exact) mass is 329 g/mol. The van der Waals surface area contributed by atoms with Crippen molar-refractivity contribution in [1.82, 2.24) is 4.90 Å². The molecule has 0 N–H and O–H groups in total. The first-order valence-corrected chi connectivity index (χ1v) is 9.11. The summed E-state index contributed by atoms with van der Waals surface area (Å²) in [6, 6.07) is 7.75. The van der Waals surface area contributed by atoms with Crippen LogP contribution < -0.4 is 9.47 Å². The Balaban J connectivity index is 1.53. The van der Waals surface area contributed by atoms with Crippen LogP contribution in [-0.2, 0) is 4.79 Å². The maximum atomic E-state index is 12.3. The summed E-state index contributed by atoms with van der Waals surface area (Å²) in [6.45, 7) is 4.19. The number of ketones is 1. The maximum absolute atomic E-state index is 12.3. The van der Waals surface area contributed by atoms with E-state index >= 15 is 0 Å². The number of nitrogens with zero attached hydrogens (tertiary/aromatic N) is 1. The van der Waals surface area contributed by atoms with E-state index in [4.69, 9.17) is 9.47 Å². The van der Waals surface area contributed by atoms with Crippen molar-refractivity contribution in [2.75, 3.05) is 19.7 Å². The summed E-state index contributed by atoms with van der Waals surface area (Å²) in [4.78, 5) is 14.4. The average molecular weight is 329 g/mol. The van der Waals surface area contributed by atoms with Gasteiger partial charge in [0.1, 0.15) is 6.61 Å². The van der Waals surface area contributed by atoms with Crippen LogP contribution >= 0.6 is 0 Å². The highest BCUT2D eigenvalue weighted by molar-refractivity contribution is 5.91. The van der Waals surface area contributed by atoms with Crippen molar-refractivity contribution in [3.8, 4) is 11.5 Å². The molecular weight excluding hydrogens is 302 g/mol. The molecule has 1 aromatic rings. The molecule has 4 nitrogen and oxygen atoms in total. The van der Waals surface area contributed by atoms with Crippen LogP contribution in [0.25, 0.3) is 0 Å². The van der Waals surface area contributed by atoms with Gasteiger partial charge in [-0.15, -0.1) is 0 Å². The van der Waals surface area contributed by atoms with Crippen molar-refractivity contribution in [1.29, 1.82) is 0 Å². The highest BCUT2D eigenvalue weighted by atomic mass is 16.6. The third-order valence-electron chi connectivity index (χ3n) is 4.87. The van der Waals surface area contributed by atoms with Crippen LogP contribution in [0.15, 0.2) is 36.5 Å². The second-order valence-corrected chi connectivity index (χ2v) is 6.64. The highest BCUT2D eigenvalue weighted by Gasteiger charge is 2.22. The third-order valence-corrected chi connectivity index (χ3v) is 4.87. The Labute approximate surface area is 144 Å². The van der Waals surface area contributed by atoms with E-state index in [9.17, 15) is 4.79 Å². The van der Waals surface area contributed by atoms with Gasteiger partial charge in [0.05, 0.1) is 6.54 Å².